The third kappa shape index (κ3) is 2.97. The van der Waals surface area contributed by atoms with Crippen molar-refractivity contribution in [2.75, 3.05) is 24.5 Å². The lowest BCUT2D eigenvalue weighted by Gasteiger charge is -2.34. The molecule has 1 aliphatic carbocycles. The van der Waals surface area contributed by atoms with Crippen LogP contribution in [0, 0.1) is 6.92 Å². The van der Waals surface area contributed by atoms with Crippen LogP contribution < -0.4 is 10.2 Å². The first-order chi connectivity index (χ1) is 9.17. The second-order valence-corrected chi connectivity index (χ2v) is 7.09. The summed E-state index contributed by atoms with van der Waals surface area (Å²) in [5, 5.41) is 3.83. The summed E-state index contributed by atoms with van der Waals surface area (Å²) in [5.41, 5.74) is 3.09. The van der Waals surface area contributed by atoms with Gasteiger partial charge in [0.2, 0.25) is 0 Å². The van der Waals surface area contributed by atoms with E-state index in [2.05, 4.69) is 51.3 Å². The van der Waals surface area contributed by atoms with Crippen molar-refractivity contribution in [3.8, 4) is 0 Å². The Morgan fingerprint density at radius 2 is 1.95 bits per heavy atom. The summed E-state index contributed by atoms with van der Waals surface area (Å²) in [6, 6.07) is 6.77. The molecule has 1 spiro atoms. The summed E-state index contributed by atoms with van der Waals surface area (Å²) >= 11 is 3.63. The minimum atomic E-state index is 0.382. The van der Waals surface area contributed by atoms with E-state index in [0.717, 1.165) is 0 Å². The first-order valence-corrected chi connectivity index (χ1v) is 8.23. The number of nitrogens with zero attached hydrogens (tertiary/aromatic N) is 1. The second-order valence-electron chi connectivity index (χ2n) is 6.18. The van der Waals surface area contributed by atoms with Crippen molar-refractivity contribution in [1.29, 1.82) is 0 Å². The summed E-state index contributed by atoms with van der Waals surface area (Å²) in [4.78, 5) is 2.59. The third-order valence-electron chi connectivity index (χ3n) is 4.55. The molecule has 2 fully saturated rings. The Hall–Kier alpha value is -0.540. The van der Waals surface area contributed by atoms with Crippen LogP contribution >= 0.6 is 15.9 Å². The van der Waals surface area contributed by atoms with Gasteiger partial charge in [-0.2, -0.15) is 0 Å². The SMILES string of the molecule is Cc1cc(Br)cc(N2CCCNC3(CCCC3)C2)c1. The Labute approximate surface area is 124 Å². The highest BCUT2D eigenvalue weighted by Crippen LogP contribution is 2.34. The van der Waals surface area contributed by atoms with Crippen molar-refractivity contribution in [1.82, 2.24) is 5.32 Å². The van der Waals surface area contributed by atoms with Crippen molar-refractivity contribution < 1.29 is 0 Å². The lowest BCUT2D eigenvalue weighted by atomic mass is 9.97. The number of rotatable bonds is 1. The second kappa shape index (κ2) is 5.45. The van der Waals surface area contributed by atoms with E-state index in [9.17, 15) is 0 Å². The molecule has 104 valence electrons. The lowest BCUT2D eigenvalue weighted by molar-refractivity contribution is 0.354. The van der Waals surface area contributed by atoms with Crippen LogP contribution in [0.3, 0.4) is 0 Å². The van der Waals surface area contributed by atoms with Crippen LogP contribution in [0.5, 0.6) is 0 Å². The molecular formula is C16H23BrN2. The van der Waals surface area contributed by atoms with Crippen molar-refractivity contribution in [3.05, 3.63) is 28.2 Å². The molecule has 1 saturated carbocycles. The fraction of sp³-hybridized carbons (Fsp3) is 0.625. The van der Waals surface area contributed by atoms with Gasteiger partial charge in [-0.15, -0.1) is 0 Å². The summed E-state index contributed by atoms with van der Waals surface area (Å²) in [5.74, 6) is 0. The first-order valence-electron chi connectivity index (χ1n) is 7.44. The van der Waals surface area contributed by atoms with Crippen LogP contribution in [0.15, 0.2) is 22.7 Å². The maximum absolute atomic E-state index is 3.83. The van der Waals surface area contributed by atoms with Crippen molar-refractivity contribution in [2.24, 2.45) is 0 Å². The number of benzene rings is 1. The normalized spacial score (nSPS) is 22.7. The van der Waals surface area contributed by atoms with Crippen LogP contribution in [0.4, 0.5) is 5.69 Å². The number of halogens is 1. The number of nitrogens with one attached hydrogen (secondary N) is 1. The van der Waals surface area contributed by atoms with E-state index < -0.39 is 0 Å². The van der Waals surface area contributed by atoms with Crippen LogP contribution in [-0.2, 0) is 0 Å². The molecule has 0 aromatic heterocycles. The van der Waals surface area contributed by atoms with Crippen molar-refractivity contribution in [2.45, 2.75) is 44.6 Å². The van der Waals surface area contributed by atoms with E-state index in [4.69, 9.17) is 0 Å². The fourth-order valence-corrected chi connectivity index (χ4v) is 4.23. The van der Waals surface area contributed by atoms with E-state index in [-0.39, 0.29) is 0 Å². The van der Waals surface area contributed by atoms with Gasteiger partial charge in [0.25, 0.3) is 0 Å². The van der Waals surface area contributed by atoms with Gasteiger partial charge < -0.3 is 10.2 Å². The standard InChI is InChI=1S/C16H23BrN2/c1-13-9-14(17)11-15(10-13)19-8-4-7-18-16(12-19)5-2-3-6-16/h9-11,18H,2-8,12H2,1H3. The van der Waals surface area contributed by atoms with Gasteiger partial charge in [0.15, 0.2) is 0 Å². The third-order valence-corrected chi connectivity index (χ3v) is 5.01. The van der Waals surface area contributed by atoms with Crippen LogP contribution in [0.1, 0.15) is 37.7 Å². The molecule has 0 radical (unpaired) electrons. The van der Waals surface area contributed by atoms with Gasteiger partial charge >= 0.3 is 0 Å². The van der Waals surface area contributed by atoms with Gasteiger partial charge in [-0.3, -0.25) is 0 Å². The van der Waals surface area contributed by atoms with Gasteiger partial charge in [0, 0.05) is 28.8 Å². The number of anilines is 1. The summed E-state index contributed by atoms with van der Waals surface area (Å²) in [6.45, 7) is 5.69. The Bertz CT molecular complexity index is 432. The van der Waals surface area contributed by atoms with Gasteiger partial charge in [-0.25, -0.2) is 0 Å². The molecule has 3 rings (SSSR count). The Balaban J connectivity index is 1.86. The van der Waals surface area contributed by atoms with E-state index in [1.165, 1.54) is 67.5 Å². The molecule has 0 amide bonds. The Morgan fingerprint density at radius 1 is 1.16 bits per heavy atom. The summed E-state index contributed by atoms with van der Waals surface area (Å²) < 4.78 is 1.19. The molecule has 0 unspecified atom stereocenters. The zero-order valence-electron chi connectivity index (χ0n) is 11.7. The van der Waals surface area contributed by atoms with Gasteiger partial charge in [0.1, 0.15) is 0 Å². The molecule has 1 heterocycles. The zero-order chi connectivity index (χ0) is 13.3. The topological polar surface area (TPSA) is 15.3 Å². The van der Waals surface area contributed by atoms with Crippen LogP contribution in [-0.4, -0.2) is 25.2 Å². The monoisotopic (exact) mass is 322 g/mol. The highest BCUT2D eigenvalue weighted by Gasteiger charge is 2.36. The number of aryl methyl sites for hydroxylation is 1. The van der Waals surface area contributed by atoms with Gasteiger partial charge in [-0.1, -0.05) is 28.8 Å². The molecule has 0 atom stereocenters. The average Bonchev–Trinajstić information content (AvgIpc) is 2.69. The molecule has 0 bridgehead atoms. The minimum Gasteiger partial charge on any atom is -0.370 e. The summed E-state index contributed by atoms with van der Waals surface area (Å²) in [7, 11) is 0. The molecular weight excluding hydrogens is 300 g/mol. The number of hydrogen-bond donors (Lipinski definition) is 1. The van der Waals surface area contributed by atoms with E-state index in [1.54, 1.807) is 0 Å². The van der Waals surface area contributed by atoms with Gasteiger partial charge in [-0.05, 0) is 56.5 Å². The Kier molecular flexibility index (Phi) is 3.86. The van der Waals surface area contributed by atoms with E-state index >= 15 is 0 Å². The quantitative estimate of drug-likeness (QED) is 0.844. The van der Waals surface area contributed by atoms with Crippen LogP contribution in [0.2, 0.25) is 0 Å². The predicted octanol–water partition coefficient (Wildman–Crippen LogP) is 3.87. The van der Waals surface area contributed by atoms with Crippen molar-refractivity contribution in [3.63, 3.8) is 0 Å². The van der Waals surface area contributed by atoms with Crippen molar-refractivity contribution >= 4 is 21.6 Å². The smallest absolute Gasteiger partial charge is 0.0380 e. The fourth-order valence-electron chi connectivity index (χ4n) is 3.63. The Morgan fingerprint density at radius 3 is 2.68 bits per heavy atom. The maximum atomic E-state index is 3.83. The number of hydrogen-bond acceptors (Lipinski definition) is 2. The molecule has 1 N–H and O–H groups in total. The summed E-state index contributed by atoms with van der Waals surface area (Å²) in [6.07, 6.45) is 6.71. The van der Waals surface area contributed by atoms with E-state index in [1.807, 2.05) is 0 Å². The average molecular weight is 323 g/mol. The molecule has 19 heavy (non-hydrogen) atoms. The molecule has 1 saturated heterocycles. The molecule has 1 aromatic carbocycles. The van der Waals surface area contributed by atoms with E-state index in [0.29, 0.717) is 5.54 Å². The highest BCUT2D eigenvalue weighted by atomic mass is 79.9. The minimum absolute atomic E-state index is 0.382. The van der Waals surface area contributed by atoms with Crippen LogP contribution in [0.25, 0.3) is 0 Å². The van der Waals surface area contributed by atoms with Gasteiger partial charge in [0.05, 0.1) is 0 Å². The first kappa shape index (κ1) is 13.4. The zero-order valence-corrected chi connectivity index (χ0v) is 13.3. The lowest BCUT2D eigenvalue weighted by Crippen LogP contribution is -2.49. The molecule has 1 aromatic rings. The molecule has 1 aliphatic heterocycles. The highest BCUT2D eigenvalue weighted by molar-refractivity contribution is 9.10. The molecule has 3 heteroatoms. The molecule has 2 aliphatic rings. The largest absolute Gasteiger partial charge is 0.370 e. The predicted molar refractivity (Wildman–Crippen MR) is 84.9 cm³/mol. The maximum Gasteiger partial charge on any atom is 0.0380 e. The molecule has 2 nitrogen and oxygen atoms in total.